The number of halogens is 1. The Labute approximate surface area is 88.3 Å². The van der Waals surface area contributed by atoms with Crippen molar-refractivity contribution < 1.29 is 4.79 Å². The molecule has 3 heteroatoms. The molecule has 2 nitrogen and oxygen atoms in total. The molecule has 0 spiro atoms. The predicted molar refractivity (Wildman–Crippen MR) is 57.7 cm³/mol. The summed E-state index contributed by atoms with van der Waals surface area (Å²) in [6.45, 7) is 4.08. The van der Waals surface area contributed by atoms with Gasteiger partial charge in [-0.3, -0.25) is 4.79 Å². The highest BCUT2D eigenvalue weighted by Crippen LogP contribution is 2.38. The summed E-state index contributed by atoms with van der Waals surface area (Å²) < 4.78 is 0. The van der Waals surface area contributed by atoms with E-state index in [2.05, 4.69) is 5.32 Å². The third-order valence-corrected chi connectivity index (χ3v) is 2.79. The van der Waals surface area contributed by atoms with Crippen molar-refractivity contribution in [2.75, 3.05) is 5.32 Å². The highest BCUT2D eigenvalue weighted by molar-refractivity contribution is 6.31. The number of amides is 1. The Bertz CT molecular complexity index is 387. The van der Waals surface area contributed by atoms with E-state index in [1.54, 1.807) is 6.07 Å². The fourth-order valence-electron chi connectivity index (χ4n) is 1.92. The Kier molecular flexibility index (Phi) is 2.23. The van der Waals surface area contributed by atoms with Gasteiger partial charge in [0.1, 0.15) is 0 Å². The largest absolute Gasteiger partial charge is 0.325 e. The lowest BCUT2D eigenvalue weighted by Crippen LogP contribution is -2.16. The van der Waals surface area contributed by atoms with Crippen LogP contribution in [0.1, 0.15) is 25.3 Å². The average Bonchev–Trinajstić information content (AvgIpc) is 2.40. The van der Waals surface area contributed by atoms with Crippen molar-refractivity contribution >= 4 is 23.2 Å². The maximum Gasteiger partial charge on any atom is 0.232 e. The van der Waals surface area contributed by atoms with Crippen molar-refractivity contribution in [3.63, 3.8) is 0 Å². The molecule has 1 unspecified atom stereocenters. The van der Waals surface area contributed by atoms with Crippen molar-refractivity contribution in [3.05, 3.63) is 28.8 Å². The number of anilines is 1. The number of nitrogens with one attached hydrogen (secondary N) is 1. The lowest BCUT2D eigenvalue weighted by molar-refractivity contribution is -0.117. The zero-order valence-corrected chi connectivity index (χ0v) is 8.93. The molecular formula is C11H12ClNO. The Morgan fingerprint density at radius 3 is 2.79 bits per heavy atom. The van der Waals surface area contributed by atoms with Crippen LogP contribution < -0.4 is 5.32 Å². The normalized spacial score (nSPS) is 19.7. The van der Waals surface area contributed by atoms with Crippen LogP contribution >= 0.6 is 11.6 Å². The molecule has 0 saturated carbocycles. The van der Waals surface area contributed by atoms with Crippen LogP contribution in [0.15, 0.2) is 18.2 Å². The van der Waals surface area contributed by atoms with E-state index in [1.165, 1.54) is 0 Å². The maximum atomic E-state index is 11.6. The number of carbonyl (C=O) groups is 1. The van der Waals surface area contributed by atoms with Gasteiger partial charge in [0, 0.05) is 10.7 Å². The van der Waals surface area contributed by atoms with Crippen molar-refractivity contribution in [1.82, 2.24) is 0 Å². The molecule has 0 radical (unpaired) electrons. The summed E-state index contributed by atoms with van der Waals surface area (Å²) in [5.41, 5.74) is 1.93. The van der Waals surface area contributed by atoms with E-state index < -0.39 is 0 Å². The molecule has 0 aliphatic carbocycles. The molecule has 1 heterocycles. The third-order valence-electron chi connectivity index (χ3n) is 2.56. The first-order chi connectivity index (χ1) is 6.59. The molecule has 2 rings (SSSR count). The van der Waals surface area contributed by atoms with E-state index in [-0.39, 0.29) is 11.8 Å². The summed E-state index contributed by atoms with van der Waals surface area (Å²) in [6, 6.07) is 5.53. The van der Waals surface area contributed by atoms with Crippen LogP contribution in [-0.2, 0) is 4.79 Å². The quantitative estimate of drug-likeness (QED) is 0.757. The average molecular weight is 210 g/mol. The smallest absolute Gasteiger partial charge is 0.232 e. The molecule has 0 fully saturated rings. The standard InChI is InChI=1S/C11H12ClNO/c1-6(2)10-8-5-7(12)3-4-9(8)13-11(10)14/h3-6,10H,1-2H3,(H,13,14). The Morgan fingerprint density at radius 2 is 2.14 bits per heavy atom. The van der Waals surface area contributed by atoms with Crippen molar-refractivity contribution in [2.45, 2.75) is 19.8 Å². The molecule has 1 amide bonds. The summed E-state index contributed by atoms with van der Waals surface area (Å²) in [5.74, 6) is 0.329. The highest BCUT2D eigenvalue weighted by Gasteiger charge is 2.32. The molecule has 1 aliphatic heterocycles. The van der Waals surface area contributed by atoms with Gasteiger partial charge in [0.15, 0.2) is 0 Å². The van der Waals surface area contributed by atoms with Gasteiger partial charge in [-0.05, 0) is 29.7 Å². The summed E-state index contributed by atoms with van der Waals surface area (Å²) >= 11 is 5.90. The van der Waals surface area contributed by atoms with Crippen molar-refractivity contribution in [3.8, 4) is 0 Å². The van der Waals surface area contributed by atoms with E-state index in [0.717, 1.165) is 11.3 Å². The molecule has 0 saturated heterocycles. The van der Waals surface area contributed by atoms with Gasteiger partial charge in [0.2, 0.25) is 5.91 Å². The van der Waals surface area contributed by atoms with Gasteiger partial charge < -0.3 is 5.32 Å². The summed E-state index contributed by atoms with van der Waals surface area (Å²) in [5, 5.41) is 3.54. The van der Waals surface area contributed by atoms with Crippen molar-refractivity contribution in [1.29, 1.82) is 0 Å². The second-order valence-corrected chi connectivity index (χ2v) is 4.38. The molecule has 1 aliphatic rings. The number of hydrogen-bond donors (Lipinski definition) is 1. The minimum atomic E-state index is -0.0521. The molecule has 74 valence electrons. The molecule has 0 bridgehead atoms. The summed E-state index contributed by atoms with van der Waals surface area (Å²) in [4.78, 5) is 11.6. The van der Waals surface area contributed by atoms with Gasteiger partial charge in [-0.15, -0.1) is 0 Å². The number of carbonyl (C=O) groups excluding carboxylic acids is 1. The zero-order chi connectivity index (χ0) is 10.3. The Hall–Kier alpha value is -1.02. The fraction of sp³-hybridized carbons (Fsp3) is 0.364. The molecule has 1 aromatic carbocycles. The molecular weight excluding hydrogens is 198 g/mol. The minimum absolute atomic E-state index is 0.0521. The first-order valence-electron chi connectivity index (χ1n) is 4.70. The summed E-state index contributed by atoms with van der Waals surface area (Å²) in [7, 11) is 0. The van der Waals surface area contributed by atoms with Gasteiger partial charge in [0.25, 0.3) is 0 Å². The van der Waals surface area contributed by atoms with Crippen molar-refractivity contribution in [2.24, 2.45) is 5.92 Å². The second kappa shape index (κ2) is 3.28. The van der Waals surface area contributed by atoms with Gasteiger partial charge in [0.05, 0.1) is 5.92 Å². The lowest BCUT2D eigenvalue weighted by Gasteiger charge is -2.12. The molecule has 1 atom stereocenters. The van der Waals surface area contributed by atoms with E-state index in [0.29, 0.717) is 10.9 Å². The van der Waals surface area contributed by atoms with Crippen LogP contribution in [0.5, 0.6) is 0 Å². The number of benzene rings is 1. The SMILES string of the molecule is CC(C)C1C(=O)Nc2ccc(Cl)cc21. The predicted octanol–water partition coefficient (Wildman–Crippen LogP) is 3.03. The van der Waals surface area contributed by atoms with Gasteiger partial charge in [-0.1, -0.05) is 25.4 Å². The number of hydrogen-bond acceptors (Lipinski definition) is 1. The van der Waals surface area contributed by atoms with Crippen LogP contribution in [0, 0.1) is 5.92 Å². The minimum Gasteiger partial charge on any atom is -0.325 e. The number of rotatable bonds is 1. The second-order valence-electron chi connectivity index (χ2n) is 3.94. The van der Waals surface area contributed by atoms with Crippen LogP contribution in [0.3, 0.4) is 0 Å². The van der Waals surface area contributed by atoms with Gasteiger partial charge in [-0.2, -0.15) is 0 Å². The van der Waals surface area contributed by atoms with Crippen LogP contribution in [-0.4, -0.2) is 5.91 Å². The maximum absolute atomic E-state index is 11.6. The van der Waals surface area contributed by atoms with E-state index in [1.807, 2.05) is 26.0 Å². The van der Waals surface area contributed by atoms with Gasteiger partial charge >= 0.3 is 0 Å². The fourth-order valence-corrected chi connectivity index (χ4v) is 2.10. The first-order valence-corrected chi connectivity index (χ1v) is 5.07. The zero-order valence-electron chi connectivity index (χ0n) is 8.17. The number of fused-ring (bicyclic) bond motifs is 1. The Morgan fingerprint density at radius 1 is 1.43 bits per heavy atom. The first kappa shape index (κ1) is 9.53. The Balaban J connectivity index is 2.50. The molecule has 0 aromatic heterocycles. The third kappa shape index (κ3) is 1.40. The van der Waals surface area contributed by atoms with E-state index in [9.17, 15) is 4.79 Å². The monoisotopic (exact) mass is 209 g/mol. The van der Waals surface area contributed by atoms with E-state index in [4.69, 9.17) is 11.6 Å². The molecule has 1 aromatic rings. The highest BCUT2D eigenvalue weighted by atomic mass is 35.5. The molecule has 14 heavy (non-hydrogen) atoms. The topological polar surface area (TPSA) is 29.1 Å². The van der Waals surface area contributed by atoms with Crippen LogP contribution in [0.4, 0.5) is 5.69 Å². The summed E-state index contributed by atoms with van der Waals surface area (Å²) in [6.07, 6.45) is 0. The van der Waals surface area contributed by atoms with E-state index >= 15 is 0 Å². The van der Waals surface area contributed by atoms with Gasteiger partial charge in [-0.25, -0.2) is 0 Å². The lowest BCUT2D eigenvalue weighted by atomic mass is 9.90. The van der Waals surface area contributed by atoms with Crippen LogP contribution in [0.2, 0.25) is 5.02 Å². The molecule has 1 N–H and O–H groups in total. The van der Waals surface area contributed by atoms with Crippen LogP contribution in [0.25, 0.3) is 0 Å².